The quantitative estimate of drug-likeness (QED) is 0.548. The van der Waals surface area contributed by atoms with Crippen molar-refractivity contribution in [1.82, 2.24) is 10.2 Å². The lowest BCUT2D eigenvalue weighted by atomic mass is 10.2. The van der Waals surface area contributed by atoms with Crippen LogP contribution in [0.25, 0.3) is 10.9 Å². The minimum absolute atomic E-state index is 0.00522. The zero-order chi connectivity index (χ0) is 10.1. The highest BCUT2D eigenvalue weighted by Gasteiger charge is 2.09. The van der Waals surface area contributed by atoms with Crippen LogP contribution in [0.4, 0.5) is 5.69 Å². The summed E-state index contributed by atoms with van der Waals surface area (Å²) in [6.07, 6.45) is 0. The Morgan fingerprint density at radius 3 is 3.00 bits per heavy atom. The van der Waals surface area contributed by atoms with Crippen molar-refractivity contribution >= 4 is 16.6 Å². The van der Waals surface area contributed by atoms with Gasteiger partial charge in [-0.3, -0.25) is 15.2 Å². The smallest absolute Gasteiger partial charge is 0.271 e. The molecule has 0 aliphatic heterocycles. The van der Waals surface area contributed by atoms with Gasteiger partial charge >= 0.3 is 0 Å². The van der Waals surface area contributed by atoms with Crippen molar-refractivity contribution in [1.29, 1.82) is 0 Å². The van der Waals surface area contributed by atoms with Crippen LogP contribution in [0, 0.1) is 10.1 Å². The molecule has 2 rings (SSSR count). The van der Waals surface area contributed by atoms with Crippen molar-refractivity contribution in [3.8, 4) is 0 Å². The van der Waals surface area contributed by atoms with Crippen LogP contribution >= 0.6 is 0 Å². The second-order valence-corrected chi connectivity index (χ2v) is 2.82. The fourth-order valence-corrected chi connectivity index (χ4v) is 1.30. The van der Waals surface area contributed by atoms with E-state index in [0.29, 0.717) is 16.6 Å². The Balaban J connectivity index is 2.63. The zero-order valence-electron chi connectivity index (χ0n) is 7.10. The summed E-state index contributed by atoms with van der Waals surface area (Å²) in [6, 6.07) is 4.35. The highest BCUT2D eigenvalue weighted by molar-refractivity contribution is 5.83. The van der Waals surface area contributed by atoms with Crippen molar-refractivity contribution < 1.29 is 10.0 Å². The molecule has 1 aromatic carbocycles. The van der Waals surface area contributed by atoms with E-state index in [0.717, 1.165) is 0 Å². The maximum atomic E-state index is 10.4. The van der Waals surface area contributed by atoms with Crippen LogP contribution in [-0.4, -0.2) is 20.2 Å². The normalized spacial score (nSPS) is 10.6. The first-order valence-corrected chi connectivity index (χ1v) is 3.94. The van der Waals surface area contributed by atoms with Gasteiger partial charge in [0.1, 0.15) is 0 Å². The fourth-order valence-electron chi connectivity index (χ4n) is 1.30. The summed E-state index contributed by atoms with van der Waals surface area (Å²) < 4.78 is 0. The average molecular weight is 193 g/mol. The van der Waals surface area contributed by atoms with E-state index in [9.17, 15) is 10.1 Å². The summed E-state index contributed by atoms with van der Waals surface area (Å²) in [4.78, 5) is 9.97. The van der Waals surface area contributed by atoms with E-state index in [-0.39, 0.29) is 12.3 Å². The van der Waals surface area contributed by atoms with Gasteiger partial charge in [0.25, 0.3) is 5.69 Å². The number of rotatable bonds is 2. The molecule has 72 valence electrons. The third kappa shape index (κ3) is 1.21. The SMILES string of the molecule is O=[N+]([O-])c1ccc2c(CO)n[nH]c2c1. The molecule has 0 aliphatic carbocycles. The molecule has 1 heterocycles. The molecule has 0 unspecified atom stereocenters. The van der Waals surface area contributed by atoms with Crippen molar-refractivity contribution in [3.63, 3.8) is 0 Å². The molecule has 0 atom stereocenters. The van der Waals surface area contributed by atoms with Crippen molar-refractivity contribution in [2.75, 3.05) is 0 Å². The van der Waals surface area contributed by atoms with Crippen LogP contribution in [0.1, 0.15) is 5.69 Å². The second kappa shape index (κ2) is 3.08. The van der Waals surface area contributed by atoms with E-state index in [2.05, 4.69) is 10.2 Å². The van der Waals surface area contributed by atoms with E-state index < -0.39 is 4.92 Å². The summed E-state index contributed by atoms with van der Waals surface area (Å²) >= 11 is 0. The van der Waals surface area contributed by atoms with Gasteiger partial charge in [-0.1, -0.05) is 0 Å². The first kappa shape index (κ1) is 8.64. The summed E-state index contributed by atoms with van der Waals surface area (Å²) in [5, 5.41) is 26.5. The molecule has 0 bridgehead atoms. The lowest BCUT2D eigenvalue weighted by Gasteiger charge is -1.92. The van der Waals surface area contributed by atoms with Crippen LogP contribution in [0.2, 0.25) is 0 Å². The number of aliphatic hydroxyl groups excluding tert-OH is 1. The van der Waals surface area contributed by atoms with Gasteiger partial charge < -0.3 is 5.11 Å². The summed E-state index contributed by atoms with van der Waals surface area (Å²) in [7, 11) is 0. The van der Waals surface area contributed by atoms with Crippen LogP contribution in [0.5, 0.6) is 0 Å². The Hall–Kier alpha value is -1.95. The maximum Gasteiger partial charge on any atom is 0.271 e. The monoisotopic (exact) mass is 193 g/mol. The number of nitrogens with zero attached hydrogens (tertiary/aromatic N) is 2. The Bertz CT molecular complexity index is 492. The number of nitrogens with one attached hydrogen (secondary N) is 1. The number of aromatic amines is 1. The van der Waals surface area contributed by atoms with Gasteiger partial charge in [-0.15, -0.1) is 0 Å². The van der Waals surface area contributed by atoms with E-state index in [1.54, 1.807) is 6.07 Å². The molecular weight excluding hydrogens is 186 g/mol. The molecule has 0 radical (unpaired) electrons. The van der Waals surface area contributed by atoms with Crippen molar-refractivity contribution in [3.05, 3.63) is 34.0 Å². The Labute approximate surface area is 78.3 Å². The molecule has 14 heavy (non-hydrogen) atoms. The highest BCUT2D eigenvalue weighted by atomic mass is 16.6. The lowest BCUT2D eigenvalue weighted by Crippen LogP contribution is -1.87. The number of nitro groups is 1. The number of hydrogen-bond donors (Lipinski definition) is 2. The Morgan fingerprint density at radius 1 is 1.57 bits per heavy atom. The first-order chi connectivity index (χ1) is 6.72. The number of nitro benzene ring substituents is 1. The molecule has 1 aromatic heterocycles. The van der Waals surface area contributed by atoms with Gasteiger partial charge in [0.05, 0.1) is 22.7 Å². The van der Waals surface area contributed by atoms with Crippen molar-refractivity contribution in [2.24, 2.45) is 0 Å². The van der Waals surface area contributed by atoms with E-state index >= 15 is 0 Å². The van der Waals surface area contributed by atoms with Gasteiger partial charge in [-0.05, 0) is 6.07 Å². The molecule has 0 fully saturated rings. The van der Waals surface area contributed by atoms with Crippen LogP contribution in [0.3, 0.4) is 0 Å². The Morgan fingerprint density at radius 2 is 2.36 bits per heavy atom. The largest absolute Gasteiger partial charge is 0.390 e. The van der Waals surface area contributed by atoms with Gasteiger partial charge in [0, 0.05) is 17.5 Å². The van der Waals surface area contributed by atoms with Gasteiger partial charge in [-0.2, -0.15) is 5.10 Å². The molecule has 2 aromatic rings. The van der Waals surface area contributed by atoms with Gasteiger partial charge in [0.15, 0.2) is 0 Å². The highest BCUT2D eigenvalue weighted by Crippen LogP contribution is 2.21. The van der Waals surface area contributed by atoms with Crippen LogP contribution < -0.4 is 0 Å². The zero-order valence-corrected chi connectivity index (χ0v) is 7.10. The number of aliphatic hydroxyl groups is 1. The standard InChI is InChI=1S/C8H7N3O3/c12-4-8-6-2-1-5(11(13)14)3-7(6)9-10-8/h1-3,12H,4H2,(H,9,10). The number of fused-ring (bicyclic) bond motifs is 1. The third-order valence-corrected chi connectivity index (χ3v) is 1.99. The van der Waals surface area contributed by atoms with Gasteiger partial charge in [0.2, 0.25) is 0 Å². The summed E-state index contributed by atoms with van der Waals surface area (Å²) in [6.45, 7) is -0.183. The molecule has 6 heteroatoms. The maximum absolute atomic E-state index is 10.4. The van der Waals surface area contributed by atoms with E-state index in [1.807, 2.05) is 0 Å². The number of benzene rings is 1. The summed E-state index contributed by atoms with van der Waals surface area (Å²) in [5.74, 6) is 0. The average Bonchev–Trinajstić information content (AvgIpc) is 2.59. The van der Waals surface area contributed by atoms with Crippen LogP contribution in [0.15, 0.2) is 18.2 Å². The minimum Gasteiger partial charge on any atom is -0.390 e. The number of non-ortho nitro benzene ring substituents is 1. The fraction of sp³-hybridized carbons (Fsp3) is 0.125. The molecule has 0 amide bonds. The second-order valence-electron chi connectivity index (χ2n) is 2.82. The Kier molecular flexibility index (Phi) is 1.90. The topological polar surface area (TPSA) is 92.1 Å². The van der Waals surface area contributed by atoms with E-state index in [4.69, 9.17) is 5.11 Å². The summed E-state index contributed by atoms with van der Waals surface area (Å²) in [5.41, 5.74) is 1.06. The van der Waals surface area contributed by atoms with E-state index in [1.165, 1.54) is 12.1 Å². The third-order valence-electron chi connectivity index (χ3n) is 1.99. The number of hydrogen-bond acceptors (Lipinski definition) is 4. The van der Waals surface area contributed by atoms with Crippen LogP contribution in [-0.2, 0) is 6.61 Å². The predicted octanol–water partition coefficient (Wildman–Crippen LogP) is 0.963. The lowest BCUT2D eigenvalue weighted by molar-refractivity contribution is -0.384. The molecular formula is C8H7N3O3. The molecule has 0 saturated carbocycles. The number of aromatic nitrogens is 2. The van der Waals surface area contributed by atoms with Gasteiger partial charge in [-0.25, -0.2) is 0 Å². The molecule has 0 aliphatic rings. The molecule has 0 saturated heterocycles. The predicted molar refractivity (Wildman–Crippen MR) is 48.7 cm³/mol. The molecule has 2 N–H and O–H groups in total. The minimum atomic E-state index is -0.473. The molecule has 0 spiro atoms. The number of H-pyrrole nitrogens is 1. The molecule has 6 nitrogen and oxygen atoms in total. The van der Waals surface area contributed by atoms with Crippen molar-refractivity contribution in [2.45, 2.75) is 6.61 Å². The first-order valence-electron chi connectivity index (χ1n) is 3.94.